The quantitative estimate of drug-likeness (QED) is 0.891. The van der Waals surface area contributed by atoms with Gasteiger partial charge in [0.25, 0.3) is 0 Å². The summed E-state index contributed by atoms with van der Waals surface area (Å²) in [6.07, 6.45) is 4.72. The van der Waals surface area contributed by atoms with Gasteiger partial charge in [-0.2, -0.15) is 0 Å². The van der Waals surface area contributed by atoms with E-state index in [-0.39, 0.29) is 11.9 Å². The van der Waals surface area contributed by atoms with Crippen molar-refractivity contribution >= 4 is 11.6 Å². The molecule has 5 nitrogen and oxygen atoms in total. The van der Waals surface area contributed by atoms with Crippen LogP contribution in [0.1, 0.15) is 49.2 Å². The molecule has 1 amide bonds. The van der Waals surface area contributed by atoms with Gasteiger partial charge < -0.3 is 5.32 Å². The Balaban J connectivity index is 1.59. The zero-order valence-corrected chi connectivity index (χ0v) is 15.9. The van der Waals surface area contributed by atoms with Crippen LogP contribution in [-0.2, 0) is 4.79 Å². The van der Waals surface area contributed by atoms with Gasteiger partial charge in [0.05, 0.1) is 6.04 Å². The van der Waals surface area contributed by atoms with Crippen molar-refractivity contribution in [2.75, 3.05) is 18.4 Å². The number of benzene rings is 1. The molecule has 0 radical (unpaired) electrons. The normalized spacial score (nSPS) is 17.0. The number of nitrogens with zero attached hydrogens (tertiary/aromatic N) is 3. The minimum Gasteiger partial charge on any atom is -0.325 e. The van der Waals surface area contributed by atoms with E-state index < -0.39 is 0 Å². The molecule has 0 spiro atoms. The number of carbonyl (C=O) groups excluding carboxylic acids is 1. The number of carbonyl (C=O) groups is 1. The number of rotatable bonds is 5. The molecule has 5 heteroatoms. The number of likely N-dealkylation sites (tertiary alicyclic amines) is 1. The lowest BCUT2D eigenvalue weighted by Crippen LogP contribution is -2.47. The summed E-state index contributed by atoms with van der Waals surface area (Å²) < 4.78 is 0. The average Bonchev–Trinajstić information content (AvgIpc) is 2.65. The summed E-state index contributed by atoms with van der Waals surface area (Å²) in [5.41, 5.74) is 3.19. The van der Waals surface area contributed by atoms with Gasteiger partial charge in [0.15, 0.2) is 0 Å². The van der Waals surface area contributed by atoms with Crippen molar-refractivity contribution in [1.29, 1.82) is 0 Å². The third-order valence-electron chi connectivity index (χ3n) is 5.19. The molecule has 0 aliphatic carbocycles. The molecule has 1 fully saturated rings. The lowest BCUT2D eigenvalue weighted by Gasteiger charge is -2.36. The van der Waals surface area contributed by atoms with Gasteiger partial charge in [-0.05, 0) is 64.4 Å². The Kier molecular flexibility index (Phi) is 5.99. The van der Waals surface area contributed by atoms with Crippen molar-refractivity contribution in [1.82, 2.24) is 14.9 Å². The molecule has 1 aliphatic rings. The monoisotopic (exact) mass is 352 g/mol. The van der Waals surface area contributed by atoms with Gasteiger partial charge in [-0.15, -0.1) is 0 Å². The largest absolute Gasteiger partial charge is 0.325 e. The van der Waals surface area contributed by atoms with Crippen molar-refractivity contribution in [2.45, 2.75) is 52.0 Å². The van der Waals surface area contributed by atoms with Crippen LogP contribution in [0.2, 0.25) is 0 Å². The highest BCUT2D eigenvalue weighted by Crippen LogP contribution is 2.28. The molecule has 1 saturated heterocycles. The van der Waals surface area contributed by atoms with Gasteiger partial charge in [-0.25, -0.2) is 9.97 Å². The van der Waals surface area contributed by atoms with E-state index in [4.69, 9.17) is 0 Å². The highest BCUT2D eigenvalue weighted by molar-refractivity contribution is 5.94. The van der Waals surface area contributed by atoms with Gasteiger partial charge in [0.1, 0.15) is 5.82 Å². The molecule has 3 rings (SSSR count). The Bertz CT molecular complexity index is 736. The van der Waals surface area contributed by atoms with Crippen molar-refractivity contribution in [3.8, 4) is 0 Å². The molecule has 0 bridgehead atoms. The summed E-state index contributed by atoms with van der Waals surface area (Å²) in [5.74, 6) is 1.38. The Morgan fingerprint density at radius 1 is 1.19 bits per heavy atom. The number of hydrogen-bond donors (Lipinski definition) is 1. The van der Waals surface area contributed by atoms with Crippen LogP contribution in [-0.4, -0.2) is 39.9 Å². The predicted molar refractivity (Wildman–Crippen MR) is 104 cm³/mol. The minimum atomic E-state index is -0.0793. The Hall–Kier alpha value is -2.27. The smallest absolute Gasteiger partial charge is 0.241 e. The number of piperidine rings is 1. The maximum Gasteiger partial charge on any atom is 0.241 e. The van der Waals surface area contributed by atoms with Crippen LogP contribution >= 0.6 is 0 Å². The van der Waals surface area contributed by atoms with Crippen molar-refractivity contribution < 1.29 is 4.79 Å². The maximum absolute atomic E-state index is 12.8. The van der Waals surface area contributed by atoms with E-state index >= 15 is 0 Å². The van der Waals surface area contributed by atoms with E-state index in [2.05, 4.69) is 27.1 Å². The molecule has 0 unspecified atom stereocenters. The van der Waals surface area contributed by atoms with Gasteiger partial charge in [0.2, 0.25) is 5.91 Å². The number of amides is 1. The van der Waals surface area contributed by atoms with Crippen molar-refractivity contribution in [3.05, 3.63) is 53.6 Å². The first kappa shape index (κ1) is 18.5. The maximum atomic E-state index is 12.8. The highest BCUT2D eigenvalue weighted by Gasteiger charge is 2.29. The van der Waals surface area contributed by atoms with Crippen LogP contribution in [0, 0.1) is 13.8 Å². The van der Waals surface area contributed by atoms with Crippen LogP contribution in [0.25, 0.3) is 0 Å². The molecule has 1 aromatic carbocycles. The fourth-order valence-corrected chi connectivity index (χ4v) is 3.68. The van der Waals surface area contributed by atoms with E-state index in [1.54, 1.807) is 0 Å². The van der Waals surface area contributed by atoms with Gasteiger partial charge >= 0.3 is 0 Å². The first-order chi connectivity index (χ1) is 12.6. The summed E-state index contributed by atoms with van der Waals surface area (Å²) in [7, 11) is 0. The molecule has 2 aromatic rings. The Labute approximate surface area is 155 Å². The van der Waals surface area contributed by atoms with Crippen LogP contribution < -0.4 is 5.32 Å². The number of hydrogen-bond acceptors (Lipinski definition) is 4. The molecule has 138 valence electrons. The van der Waals surface area contributed by atoms with Crippen LogP contribution in [0.4, 0.5) is 5.69 Å². The van der Waals surface area contributed by atoms with Crippen molar-refractivity contribution in [3.63, 3.8) is 0 Å². The van der Waals surface area contributed by atoms with E-state index in [1.165, 1.54) is 5.56 Å². The summed E-state index contributed by atoms with van der Waals surface area (Å²) in [6.45, 7) is 7.91. The standard InChI is InChI=1S/C21H28N4O/c1-4-20(21(26)24-18-7-5-15(2)6-8-18)25-13-10-17(11-14-25)19-9-12-22-16(3)23-19/h5-9,12,17,20H,4,10-11,13-14H2,1-3H3,(H,24,26)/t20-/m1/s1. The molecular formula is C21H28N4O. The molecule has 2 heterocycles. The van der Waals surface area contributed by atoms with Gasteiger partial charge in [0, 0.05) is 23.5 Å². The van der Waals surface area contributed by atoms with Crippen molar-refractivity contribution in [2.24, 2.45) is 0 Å². The Morgan fingerprint density at radius 3 is 2.50 bits per heavy atom. The molecular weight excluding hydrogens is 324 g/mol. The predicted octanol–water partition coefficient (Wildman–Crippen LogP) is 3.69. The number of aryl methyl sites for hydroxylation is 2. The molecule has 26 heavy (non-hydrogen) atoms. The zero-order valence-electron chi connectivity index (χ0n) is 15.9. The third-order valence-corrected chi connectivity index (χ3v) is 5.19. The first-order valence-electron chi connectivity index (χ1n) is 9.48. The number of anilines is 1. The number of nitrogens with one attached hydrogen (secondary N) is 1. The van der Waals surface area contributed by atoms with E-state index in [0.29, 0.717) is 5.92 Å². The lowest BCUT2D eigenvalue weighted by atomic mass is 9.92. The topological polar surface area (TPSA) is 58.1 Å². The van der Waals surface area contributed by atoms with Gasteiger partial charge in [-0.1, -0.05) is 24.6 Å². The second-order valence-electron chi connectivity index (χ2n) is 7.12. The molecule has 0 saturated carbocycles. The molecule has 1 aliphatic heterocycles. The summed E-state index contributed by atoms with van der Waals surface area (Å²) in [5, 5.41) is 3.07. The Morgan fingerprint density at radius 2 is 1.88 bits per heavy atom. The second-order valence-corrected chi connectivity index (χ2v) is 7.12. The van der Waals surface area contributed by atoms with Crippen LogP contribution in [0.5, 0.6) is 0 Å². The second kappa shape index (κ2) is 8.41. The van der Waals surface area contributed by atoms with Crippen LogP contribution in [0.3, 0.4) is 0 Å². The molecule has 1 atom stereocenters. The zero-order chi connectivity index (χ0) is 18.5. The average molecular weight is 352 g/mol. The van der Waals surface area contributed by atoms with Gasteiger partial charge in [-0.3, -0.25) is 9.69 Å². The minimum absolute atomic E-state index is 0.0793. The fraction of sp³-hybridized carbons (Fsp3) is 0.476. The summed E-state index contributed by atoms with van der Waals surface area (Å²) >= 11 is 0. The summed E-state index contributed by atoms with van der Waals surface area (Å²) in [6, 6.07) is 9.91. The summed E-state index contributed by atoms with van der Waals surface area (Å²) in [4.78, 5) is 23.8. The van der Waals surface area contributed by atoms with E-state index in [9.17, 15) is 4.79 Å². The molecule has 1 aromatic heterocycles. The van der Waals surface area contributed by atoms with E-state index in [1.807, 2.05) is 50.4 Å². The lowest BCUT2D eigenvalue weighted by molar-refractivity contribution is -0.121. The fourth-order valence-electron chi connectivity index (χ4n) is 3.68. The highest BCUT2D eigenvalue weighted by atomic mass is 16.2. The van der Waals surface area contributed by atoms with Crippen LogP contribution in [0.15, 0.2) is 36.5 Å². The first-order valence-corrected chi connectivity index (χ1v) is 9.48. The SMILES string of the molecule is CC[C@H](C(=O)Nc1ccc(C)cc1)N1CCC(c2ccnc(C)n2)CC1. The molecule has 1 N–H and O–H groups in total. The number of aromatic nitrogens is 2. The third kappa shape index (κ3) is 4.47. The van der Waals surface area contributed by atoms with E-state index in [0.717, 1.165) is 49.6 Å².